The molecule has 2 aromatic rings. The number of carbonyl (C=O) groups excluding carboxylic acids is 1. The molecule has 22 heavy (non-hydrogen) atoms. The lowest BCUT2D eigenvalue weighted by Crippen LogP contribution is -2.35. The molecule has 0 saturated heterocycles. The number of rotatable bonds is 6. The van der Waals surface area contributed by atoms with Crippen LogP contribution in [-0.4, -0.2) is 30.6 Å². The number of nitrogens with one attached hydrogen (secondary N) is 1. The summed E-state index contributed by atoms with van der Waals surface area (Å²) in [5.74, 6) is 0.928. The Bertz CT molecular complexity index is 614. The van der Waals surface area contributed by atoms with Gasteiger partial charge in [0.15, 0.2) is 0 Å². The number of nitrogens with zero attached hydrogens (tertiary/aromatic N) is 1. The first-order valence-corrected chi connectivity index (χ1v) is 7.57. The fourth-order valence-corrected chi connectivity index (χ4v) is 2.06. The van der Waals surface area contributed by atoms with E-state index in [2.05, 4.69) is 26.2 Å². The van der Waals surface area contributed by atoms with Crippen molar-refractivity contribution in [2.75, 3.05) is 13.7 Å². The van der Waals surface area contributed by atoms with Crippen molar-refractivity contribution in [3.05, 3.63) is 52.6 Å². The molecule has 5 nitrogen and oxygen atoms in total. The van der Waals surface area contributed by atoms with Gasteiger partial charge in [-0.25, -0.2) is 4.98 Å². The zero-order valence-electron chi connectivity index (χ0n) is 12.4. The molecule has 0 bridgehead atoms. The normalized spacial score (nSPS) is 11.8. The van der Waals surface area contributed by atoms with Crippen LogP contribution in [0.25, 0.3) is 0 Å². The molecule has 1 amide bonds. The van der Waals surface area contributed by atoms with Crippen LogP contribution in [-0.2, 0) is 4.74 Å². The molecule has 116 valence electrons. The molecule has 0 radical (unpaired) electrons. The predicted octanol–water partition coefficient (Wildman–Crippen LogP) is 3.40. The highest BCUT2D eigenvalue weighted by Gasteiger charge is 2.10. The Hall–Kier alpha value is -1.92. The third kappa shape index (κ3) is 4.82. The van der Waals surface area contributed by atoms with E-state index >= 15 is 0 Å². The predicted molar refractivity (Wildman–Crippen MR) is 87.3 cm³/mol. The number of pyridine rings is 1. The largest absolute Gasteiger partial charge is 0.439 e. The SMILES string of the molecule is COCC(C)NC(=O)c1ccc(Oc2ccc(Br)cc2)nc1. The van der Waals surface area contributed by atoms with Gasteiger partial charge in [0.05, 0.1) is 12.2 Å². The fourth-order valence-electron chi connectivity index (χ4n) is 1.80. The quantitative estimate of drug-likeness (QED) is 0.853. The van der Waals surface area contributed by atoms with Crippen molar-refractivity contribution in [3.8, 4) is 11.6 Å². The van der Waals surface area contributed by atoms with Crippen molar-refractivity contribution in [2.24, 2.45) is 0 Å². The third-order valence-corrected chi connectivity index (χ3v) is 3.36. The van der Waals surface area contributed by atoms with Gasteiger partial charge in [-0.2, -0.15) is 0 Å². The Morgan fingerprint density at radius 3 is 2.59 bits per heavy atom. The van der Waals surface area contributed by atoms with Crippen LogP contribution in [0.4, 0.5) is 0 Å². The maximum absolute atomic E-state index is 12.0. The maximum atomic E-state index is 12.0. The van der Waals surface area contributed by atoms with Crippen LogP contribution >= 0.6 is 15.9 Å². The molecule has 6 heteroatoms. The van der Waals surface area contributed by atoms with Crippen LogP contribution in [0.3, 0.4) is 0 Å². The van der Waals surface area contributed by atoms with Gasteiger partial charge >= 0.3 is 0 Å². The van der Waals surface area contributed by atoms with Gasteiger partial charge in [-0.05, 0) is 37.3 Å². The van der Waals surface area contributed by atoms with Crippen molar-refractivity contribution < 1.29 is 14.3 Å². The fraction of sp³-hybridized carbons (Fsp3) is 0.250. The van der Waals surface area contributed by atoms with Gasteiger partial charge < -0.3 is 14.8 Å². The summed E-state index contributed by atoms with van der Waals surface area (Å²) >= 11 is 3.36. The zero-order valence-corrected chi connectivity index (χ0v) is 14.0. The molecule has 0 saturated carbocycles. The lowest BCUT2D eigenvalue weighted by Gasteiger charge is -2.12. The van der Waals surface area contributed by atoms with E-state index in [-0.39, 0.29) is 11.9 Å². The molecule has 0 aliphatic carbocycles. The van der Waals surface area contributed by atoms with Crippen LogP contribution in [0, 0.1) is 0 Å². The van der Waals surface area contributed by atoms with Gasteiger partial charge in [0.1, 0.15) is 5.75 Å². The minimum atomic E-state index is -0.188. The van der Waals surface area contributed by atoms with Gasteiger partial charge in [0, 0.05) is 29.9 Å². The molecule has 0 fully saturated rings. The minimum Gasteiger partial charge on any atom is -0.439 e. The van der Waals surface area contributed by atoms with Crippen molar-refractivity contribution in [2.45, 2.75) is 13.0 Å². The molecular formula is C16H17BrN2O3. The van der Waals surface area contributed by atoms with E-state index in [1.807, 2.05) is 31.2 Å². The number of methoxy groups -OCH3 is 1. The smallest absolute Gasteiger partial charge is 0.253 e. The molecular weight excluding hydrogens is 348 g/mol. The summed E-state index contributed by atoms with van der Waals surface area (Å²) in [7, 11) is 1.60. The number of benzene rings is 1. The van der Waals surface area contributed by atoms with E-state index < -0.39 is 0 Å². The van der Waals surface area contributed by atoms with Crippen LogP contribution < -0.4 is 10.1 Å². The summed E-state index contributed by atoms with van der Waals surface area (Å²) in [5.41, 5.74) is 0.478. The van der Waals surface area contributed by atoms with Crippen molar-refractivity contribution >= 4 is 21.8 Å². The minimum absolute atomic E-state index is 0.0591. The molecule has 0 spiro atoms. The van der Waals surface area contributed by atoms with E-state index in [9.17, 15) is 4.79 Å². The second-order valence-corrected chi connectivity index (χ2v) is 5.69. The highest BCUT2D eigenvalue weighted by molar-refractivity contribution is 9.10. The summed E-state index contributed by atoms with van der Waals surface area (Å²) in [5, 5.41) is 2.82. The number of ether oxygens (including phenoxy) is 2. The number of hydrogen-bond acceptors (Lipinski definition) is 4. The molecule has 1 aromatic heterocycles. The summed E-state index contributed by atoms with van der Waals surface area (Å²) in [4.78, 5) is 16.1. The van der Waals surface area contributed by atoms with E-state index in [1.165, 1.54) is 6.20 Å². The third-order valence-electron chi connectivity index (χ3n) is 2.83. The molecule has 0 aliphatic heterocycles. The summed E-state index contributed by atoms with van der Waals surface area (Å²) in [6, 6.07) is 10.7. The van der Waals surface area contributed by atoms with Gasteiger partial charge in [0.2, 0.25) is 5.88 Å². The molecule has 1 atom stereocenters. The molecule has 1 unspecified atom stereocenters. The highest BCUT2D eigenvalue weighted by atomic mass is 79.9. The lowest BCUT2D eigenvalue weighted by molar-refractivity contribution is 0.0905. The van der Waals surface area contributed by atoms with Gasteiger partial charge in [0.25, 0.3) is 5.91 Å². The Labute approximate surface area is 137 Å². The van der Waals surface area contributed by atoms with E-state index in [0.717, 1.165) is 4.47 Å². The number of halogens is 1. The average molecular weight is 365 g/mol. The first kappa shape index (κ1) is 16.5. The van der Waals surface area contributed by atoms with Crippen LogP contribution in [0.1, 0.15) is 17.3 Å². The van der Waals surface area contributed by atoms with Crippen molar-refractivity contribution in [1.82, 2.24) is 10.3 Å². The second-order valence-electron chi connectivity index (χ2n) is 4.77. The Balaban J connectivity index is 1.97. The first-order chi connectivity index (χ1) is 10.6. The standard InChI is InChI=1S/C16H17BrN2O3/c1-11(10-21-2)19-16(20)12-3-8-15(18-9-12)22-14-6-4-13(17)5-7-14/h3-9,11H,10H2,1-2H3,(H,19,20). The van der Waals surface area contributed by atoms with Gasteiger partial charge in [-0.15, -0.1) is 0 Å². The number of amides is 1. The van der Waals surface area contributed by atoms with Gasteiger partial charge in [-0.1, -0.05) is 15.9 Å². The van der Waals surface area contributed by atoms with Crippen molar-refractivity contribution in [3.63, 3.8) is 0 Å². The maximum Gasteiger partial charge on any atom is 0.253 e. The molecule has 0 aliphatic rings. The molecule has 1 aromatic carbocycles. The Morgan fingerprint density at radius 2 is 2.00 bits per heavy atom. The molecule has 1 heterocycles. The van der Waals surface area contributed by atoms with Crippen LogP contribution in [0.2, 0.25) is 0 Å². The lowest BCUT2D eigenvalue weighted by atomic mass is 10.2. The average Bonchev–Trinajstić information content (AvgIpc) is 2.50. The second kappa shape index (κ2) is 7.91. The molecule has 2 rings (SSSR count). The Morgan fingerprint density at radius 1 is 1.27 bits per heavy atom. The number of carbonyl (C=O) groups is 1. The van der Waals surface area contributed by atoms with Gasteiger partial charge in [-0.3, -0.25) is 4.79 Å². The van der Waals surface area contributed by atoms with E-state index in [0.29, 0.717) is 23.8 Å². The number of hydrogen-bond donors (Lipinski definition) is 1. The summed E-state index contributed by atoms with van der Waals surface area (Å²) < 4.78 is 11.6. The monoisotopic (exact) mass is 364 g/mol. The summed E-state index contributed by atoms with van der Waals surface area (Å²) in [6.45, 7) is 2.34. The van der Waals surface area contributed by atoms with Crippen molar-refractivity contribution in [1.29, 1.82) is 0 Å². The Kier molecular flexibility index (Phi) is 5.91. The van der Waals surface area contributed by atoms with Crippen LogP contribution in [0.15, 0.2) is 47.1 Å². The van der Waals surface area contributed by atoms with E-state index in [4.69, 9.17) is 9.47 Å². The summed E-state index contributed by atoms with van der Waals surface area (Å²) in [6.07, 6.45) is 1.49. The van der Waals surface area contributed by atoms with E-state index in [1.54, 1.807) is 19.2 Å². The first-order valence-electron chi connectivity index (χ1n) is 6.78. The molecule has 1 N–H and O–H groups in total. The topological polar surface area (TPSA) is 60.5 Å². The zero-order chi connectivity index (χ0) is 15.9. The number of aromatic nitrogens is 1. The highest BCUT2D eigenvalue weighted by Crippen LogP contribution is 2.21. The van der Waals surface area contributed by atoms with Crippen LogP contribution in [0.5, 0.6) is 11.6 Å².